The quantitative estimate of drug-likeness (QED) is 0.875. The molecule has 4 heteroatoms. The Morgan fingerprint density at radius 2 is 1.65 bits per heavy atom. The maximum absolute atomic E-state index is 12.6. The monoisotopic (exact) mass is 352 g/mol. The second-order valence-corrected chi connectivity index (χ2v) is 7.67. The lowest BCUT2D eigenvalue weighted by Gasteiger charge is -2.29. The molecule has 0 aliphatic heterocycles. The highest BCUT2D eigenvalue weighted by Crippen LogP contribution is 2.32. The molecule has 0 spiro atoms. The van der Waals surface area contributed by atoms with Crippen LogP contribution in [0.25, 0.3) is 0 Å². The fourth-order valence-corrected chi connectivity index (χ4v) is 2.93. The van der Waals surface area contributed by atoms with Crippen molar-refractivity contribution in [1.29, 1.82) is 0 Å². The molecule has 0 aliphatic carbocycles. The van der Waals surface area contributed by atoms with Gasteiger partial charge in [-0.3, -0.25) is 9.59 Å². The average molecular weight is 352 g/mol. The molecule has 0 unspecified atom stereocenters. The zero-order valence-electron chi connectivity index (χ0n) is 16.5. The number of aryl methyl sites for hydroxylation is 1. The second-order valence-electron chi connectivity index (χ2n) is 7.67. The minimum atomic E-state index is -0.211. The molecule has 0 atom stereocenters. The van der Waals surface area contributed by atoms with Crippen LogP contribution in [0.5, 0.6) is 0 Å². The summed E-state index contributed by atoms with van der Waals surface area (Å²) in [4.78, 5) is 26.4. The van der Waals surface area contributed by atoms with E-state index in [1.807, 2.05) is 56.3 Å². The van der Waals surface area contributed by atoms with E-state index in [1.54, 1.807) is 4.90 Å². The molecule has 2 rings (SSSR count). The van der Waals surface area contributed by atoms with Crippen molar-refractivity contribution < 1.29 is 9.59 Å². The van der Waals surface area contributed by atoms with Crippen LogP contribution in [-0.2, 0) is 15.0 Å². The highest BCUT2D eigenvalue weighted by atomic mass is 16.2. The molecular formula is C22H28N2O2. The molecule has 0 aromatic heterocycles. The number of benzene rings is 2. The largest absolute Gasteiger partial charge is 0.324 e. The van der Waals surface area contributed by atoms with E-state index in [9.17, 15) is 9.59 Å². The molecule has 0 fully saturated rings. The van der Waals surface area contributed by atoms with Gasteiger partial charge in [-0.15, -0.1) is 0 Å². The minimum absolute atomic E-state index is 0.0180. The fraction of sp³-hybridized carbons (Fsp3) is 0.364. The molecule has 138 valence electrons. The number of hydrogen-bond donors (Lipinski definition) is 1. The molecule has 2 aromatic rings. The van der Waals surface area contributed by atoms with Crippen LogP contribution >= 0.6 is 0 Å². The minimum Gasteiger partial charge on any atom is -0.324 e. The first-order valence-corrected chi connectivity index (χ1v) is 8.85. The van der Waals surface area contributed by atoms with Crippen LogP contribution in [0.15, 0.2) is 42.5 Å². The van der Waals surface area contributed by atoms with Crippen LogP contribution in [-0.4, -0.2) is 18.4 Å². The third-order valence-electron chi connectivity index (χ3n) is 4.56. The molecule has 26 heavy (non-hydrogen) atoms. The maximum atomic E-state index is 12.6. The summed E-state index contributed by atoms with van der Waals surface area (Å²) in [5, 5.41) is 2.93. The van der Waals surface area contributed by atoms with Crippen molar-refractivity contribution in [2.24, 2.45) is 0 Å². The van der Waals surface area contributed by atoms with Gasteiger partial charge < -0.3 is 10.2 Å². The summed E-state index contributed by atoms with van der Waals surface area (Å²) in [7, 11) is 0. The van der Waals surface area contributed by atoms with E-state index < -0.39 is 0 Å². The first-order valence-electron chi connectivity index (χ1n) is 8.85. The van der Waals surface area contributed by atoms with Crippen LogP contribution in [0.2, 0.25) is 0 Å². The Bertz CT molecular complexity index is 819. The molecule has 0 bridgehead atoms. The van der Waals surface area contributed by atoms with Gasteiger partial charge in [-0.1, -0.05) is 51.1 Å². The number of anilines is 2. The van der Waals surface area contributed by atoms with Crippen LogP contribution in [0, 0.1) is 13.8 Å². The van der Waals surface area contributed by atoms with Crippen molar-refractivity contribution in [3.8, 4) is 0 Å². The summed E-state index contributed by atoms with van der Waals surface area (Å²) in [5.41, 5.74) is 4.61. The second kappa shape index (κ2) is 7.73. The van der Waals surface area contributed by atoms with Crippen LogP contribution in [0.1, 0.15) is 44.4 Å². The summed E-state index contributed by atoms with van der Waals surface area (Å²) >= 11 is 0. The number of para-hydroxylation sites is 1. The maximum Gasteiger partial charge on any atom is 0.244 e. The molecular weight excluding hydrogens is 324 g/mol. The number of amides is 2. The van der Waals surface area contributed by atoms with Crippen molar-refractivity contribution in [1.82, 2.24) is 0 Å². The van der Waals surface area contributed by atoms with Crippen LogP contribution in [0.4, 0.5) is 11.4 Å². The Morgan fingerprint density at radius 1 is 1.00 bits per heavy atom. The highest BCUT2D eigenvalue weighted by molar-refractivity contribution is 6.02. The number of carbonyl (C=O) groups is 2. The topological polar surface area (TPSA) is 49.4 Å². The number of rotatable bonds is 4. The van der Waals surface area contributed by atoms with E-state index in [2.05, 4.69) is 26.1 Å². The van der Waals surface area contributed by atoms with E-state index in [0.717, 1.165) is 28.1 Å². The first kappa shape index (κ1) is 19.7. The summed E-state index contributed by atoms with van der Waals surface area (Å²) in [6.45, 7) is 11.7. The third-order valence-corrected chi connectivity index (χ3v) is 4.56. The normalized spacial score (nSPS) is 11.2. The SMILES string of the molecule is CC(=O)N(CC(=O)Nc1cccc(C)c1C)c1ccccc1C(C)(C)C. The number of nitrogens with zero attached hydrogens (tertiary/aromatic N) is 1. The number of hydrogen-bond acceptors (Lipinski definition) is 2. The van der Waals surface area contributed by atoms with Crippen molar-refractivity contribution in [2.45, 2.75) is 47.0 Å². The first-order chi connectivity index (χ1) is 12.1. The van der Waals surface area contributed by atoms with Gasteiger partial charge in [-0.2, -0.15) is 0 Å². The van der Waals surface area contributed by atoms with Gasteiger partial charge in [0.2, 0.25) is 11.8 Å². The molecule has 0 saturated heterocycles. The molecule has 0 saturated carbocycles. The van der Waals surface area contributed by atoms with Gasteiger partial charge in [0, 0.05) is 18.3 Å². The zero-order valence-corrected chi connectivity index (χ0v) is 16.5. The average Bonchev–Trinajstić information content (AvgIpc) is 2.56. The van der Waals surface area contributed by atoms with E-state index in [1.165, 1.54) is 6.92 Å². The smallest absolute Gasteiger partial charge is 0.244 e. The standard InChI is InChI=1S/C22H28N2O2/c1-15-10-9-12-19(16(15)2)23-21(26)14-24(17(3)25)20-13-8-7-11-18(20)22(4,5)6/h7-13H,14H2,1-6H3,(H,23,26). The van der Waals surface area contributed by atoms with Crippen molar-refractivity contribution in [3.05, 3.63) is 59.2 Å². The predicted molar refractivity (Wildman–Crippen MR) is 108 cm³/mol. The predicted octanol–water partition coefficient (Wildman–Crippen LogP) is 4.59. The molecule has 0 aliphatic rings. The van der Waals surface area contributed by atoms with Crippen molar-refractivity contribution in [3.63, 3.8) is 0 Å². The van der Waals surface area contributed by atoms with E-state index in [-0.39, 0.29) is 23.8 Å². The molecule has 2 amide bonds. The number of carbonyl (C=O) groups excluding carboxylic acids is 2. The summed E-state index contributed by atoms with van der Waals surface area (Å²) in [6.07, 6.45) is 0. The molecule has 0 radical (unpaired) electrons. The Kier molecular flexibility index (Phi) is 5.86. The van der Waals surface area contributed by atoms with Gasteiger partial charge in [-0.25, -0.2) is 0 Å². The Balaban J connectivity index is 2.29. The van der Waals surface area contributed by atoms with E-state index in [0.29, 0.717) is 0 Å². The fourth-order valence-electron chi connectivity index (χ4n) is 2.93. The summed E-state index contributed by atoms with van der Waals surface area (Å²) in [6, 6.07) is 13.5. The lowest BCUT2D eigenvalue weighted by molar-refractivity contribution is -0.120. The molecule has 1 N–H and O–H groups in total. The molecule has 0 heterocycles. The van der Waals surface area contributed by atoms with Crippen molar-refractivity contribution >= 4 is 23.2 Å². The number of nitrogens with one attached hydrogen (secondary N) is 1. The van der Waals surface area contributed by atoms with Gasteiger partial charge in [0.1, 0.15) is 6.54 Å². The Hall–Kier alpha value is -2.62. The summed E-state index contributed by atoms with van der Waals surface area (Å²) < 4.78 is 0. The summed E-state index contributed by atoms with van der Waals surface area (Å²) in [5.74, 6) is -0.365. The zero-order chi connectivity index (χ0) is 19.5. The lowest BCUT2D eigenvalue weighted by Crippen LogP contribution is -2.38. The van der Waals surface area contributed by atoms with Crippen LogP contribution < -0.4 is 10.2 Å². The lowest BCUT2D eigenvalue weighted by atomic mass is 9.85. The van der Waals surface area contributed by atoms with Gasteiger partial charge in [0.15, 0.2) is 0 Å². The Morgan fingerprint density at radius 3 is 2.27 bits per heavy atom. The van der Waals surface area contributed by atoms with E-state index in [4.69, 9.17) is 0 Å². The van der Waals surface area contributed by atoms with Crippen molar-refractivity contribution in [2.75, 3.05) is 16.8 Å². The highest BCUT2D eigenvalue weighted by Gasteiger charge is 2.24. The Labute approximate surface area is 156 Å². The van der Waals surface area contributed by atoms with Crippen LogP contribution in [0.3, 0.4) is 0 Å². The molecule has 2 aromatic carbocycles. The van der Waals surface area contributed by atoms with Gasteiger partial charge >= 0.3 is 0 Å². The van der Waals surface area contributed by atoms with E-state index >= 15 is 0 Å². The van der Waals surface area contributed by atoms with Gasteiger partial charge in [-0.05, 0) is 48.1 Å². The van der Waals surface area contributed by atoms with Gasteiger partial charge in [0.05, 0.1) is 0 Å². The van der Waals surface area contributed by atoms with Gasteiger partial charge in [0.25, 0.3) is 0 Å². The third kappa shape index (κ3) is 4.51. The molecule has 4 nitrogen and oxygen atoms in total.